The Bertz CT molecular complexity index is 2290. The summed E-state index contributed by atoms with van der Waals surface area (Å²) < 4.78 is 19.2. The quantitative estimate of drug-likeness (QED) is 0.0252. The number of anilines is 2. The lowest BCUT2D eigenvalue weighted by Crippen LogP contribution is -2.19. The highest BCUT2D eigenvalue weighted by Crippen LogP contribution is 2.10. The molecule has 6 rings (SSSR count). The number of ether oxygens (including phenoxy) is 4. The van der Waals surface area contributed by atoms with E-state index in [-0.39, 0.29) is 54.0 Å². The largest absolute Gasteiger partial charge is 0.462 e. The number of esters is 4. The number of rotatable bonds is 10. The molecular weight excluding hydrogens is 937 g/mol. The fourth-order valence-electron chi connectivity index (χ4n) is 4.82. The number of nitrogen functional groups attached to an aromatic ring is 1. The van der Waals surface area contributed by atoms with Crippen LogP contribution < -0.4 is 21.9 Å². The molecule has 414 valence electrons. The Morgan fingerprint density at radius 1 is 0.446 bits per heavy atom. The first-order chi connectivity index (χ1) is 36.1. The van der Waals surface area contributed by atoms with E-state index in [1.807, 2.05) is 184 Å². The van der Waals surface area contributed by atoms with Crippen LogP contribution in [0.15, 0.2) is 143 Å². The number of hydrogen-bond acceptors (Lipinski definition) is 12. The van der Waals surface area contributed by atoms with E-state index in [0.717, 1.165) is 11.4 Å². The smallest absolute Gasteiger partial charge is 0.347 e. The van der Waals surface area contributed by atoms with Crippen LogP contribution in [0.1, 0.15) is 159 Å². The van der Waals surface area contributed by atoms with Gasteiger partial charge in [-0.25, -0.2) is 19.2 Å². The molecule has 0 aliphatic rings. The van der Waals surface area contributed by atoms with Gasteiger partial charge in [-0.3, -0.25) is 9.59 Å². The number of para-hydroxylation sites is 4. The van der Waals surface area contributed by atoms with Gasteiger partial charge in [-0.05, 0) is 76.2 Å². The summed E-state index contributed by atoms with van der Waals surface area (Å²) in [6.45, 7) is 39.6. The second-order valence-corrected chi connectivity index (χ2v) is 11.5. The van der Waals surface area contributed by atoms with Crippen molar-refractivity contribution in [3.05, 3.63) is 165 Å². The molecule has 0 spiro atoms. The monoisotopic (exact) mass is 1030 g/mol. The van der Waals surface area contributed by atoms with Crippen LogP contribution in [0.4, 0.5) is 11.4 Å². The molecule has 0 amide bonds. The predicted octanol–water partition coefficient (Wildman–Crippen LogP) is 15.0. The molecule has 6 aromatic rings. The highest BCUT2D eigenvalue weighted by atomic mass is 16.6. The minimum atomic E-state index is -0.704. The number of hydrogen-bond donors (Lipinski definition) is 4. The molecule has 0 fully saturated rings. The fourth-order valence-corrected chi connectivity index (χ4v) is 4.82. The van der Waals surface area contributed by atoms with Gasteiger partial charge in [0, 0.05) is 51.8 Å². The molecule has 5 N–H and O–H groups in total. The van der Waals surface area contributed by atoms with Gasteiger partial charge in [0.2, 0.25) is 10.9 Å². The van der Waals surface area contributed by atoms with Crippen LogP contribution in [0.25, 0.3) is 21.8 Å². The summed E-state index contributed by atoms with van der Waals surface area (Å²) in [6.07, 6.45) is 4.08. The maximum absolute atomic E-state index is 11.9. The standard InChI is InChI=1S/C14H17NO4.2C12H11NO3.C6H7N.8C2H6/c1-3-18-13(16)12(14(17)19-4-2)10-15-11-8-6-5-7-9-11;2*1-2-16-12(15)9-7-13-10-6-4-3-5-8(10)11(9)14;7-6-4-2-1-3-5-6;8*1-2/h5-10,15H,3-4H2,1-2H3;2*3-7H,2H2,1H3,(H,13,14);1-5H,7H2;8*1-2H3. The molecule has 14 heteroatoms. The lowest BCUT2D eigenvalue weighted by atomic mass is 10.1. The zero-order chi connectivity index (χ0) is 58.3. The minimum Gasteiger partial charge on any atom is -0.462 e. The van der Waals surface area contributed by atoms with Crippen LogP contribution in [-0.4, -0.2) is 60.3 Å². The van der Waals surface area contributed by atoms with Crippen LogP contribution in [0, 0.1) is 0 Å². The van der Waals surface area contributed by atoms with Crippen molar-refractivity contribution in [2.45, 2.75) is 138 Å². The number of fused-ring (bicyclic) bond motifs is 2. The summed E-state index contributed by atoms with van der Waals surface area (Å²) in [6, 6.07) is 32.7. The second-order valence-electron chi connectivity index (χ2n) is 11.5. The third-order valence-electron chi connectivity index (χ3n) is 7.51. The first kappa shape index (κ1) is 78.0. The summed E-state index contributed by atoms with van der Waals surface area (Å²) in [7, 11) is 0. The van der Waals surface area contributed by atoms with Gasteiger partial charge in [-0.15, -0.1) is 0 Å². The van der Waals surface area contributed by atoms with Crippen molar-refractivity contribution in [1.29, 1.82) is 0 Å². The number of nitrogens with one attached hydrogen (secondary N) is 3. The maximum atomic E-state index is 11.9. The Balaban J connectivity index is -0.000000195. The van der Waals surface area contributed by atoms with Crippen molar-refractivity contribution in [2.75, 3.05) is 37.5 Å². The van der Waals surface area contributed by atoms with Crippen molar-refractivity contribution in [1.82, 2.24) is 9.97 Å². The molecule has 14 nitrogen and oxygen atoms in total. The van der Waals surface area contributed by atoms with E-state index in [0.29, 0.717) is 21.8 Å². The van der Waals surface area contributed by atoms with Crippen LogP contribution in [-0.2, 0) is 28.5 Å². The highest BCUT2D eigenvalue weighted by molar-refractivity contribution is 6.14. The summed E-state index contributed by atoms with van der Waals surface area (Å²) in [5.74, 6) is -2.59. The van der Waals surface area contributed by atoms with Gasteiger partial charge < -0.3 is 40.0 Å². The van der Waals surface area contributed by atoms with Gasteiger partial charge in [-0.2, -0.15) is 0 Å². The number of pyridine rings is 2. The van der Waals surface area contributed by atoms with Crippen LogP contribution >= 0.6 is 0 Å². The Morgan fingerprint density at radius 3 is 1.04 bits per heavy atom. The van der Waals surface area contributed by atoms with E-state index in [1.165, 1.54) is 18.6 Å². The Kier molecular flexibility index (Phi) is 59.5. The Labute approximate surface area is 444 Å². The van der Waals surface area contributed by atoms with Crippen LogP contribution in [0.3, 0.4) is 0 Å². The highest BCUT2D eigenvalue weighted by Gasteiger charge is 2.21. The van der Waals surface area contributed by atoms with E-state index < -0.39 is 23.9 Å². The topological polar surface area (TPSA) is 209 Å². The molecule has 0 saturated heterocycles. The molecule has 74 heavy (non-hydrogen) atoms. The molecular formula is C60H94N4O10. The Hall–Kier alpha value is -7.48. The fraction of sp³-hybridized carbons (Fsp3) is 0.400. The average molecular weight is 1030 g/mol. The number of benzene rings is 4. The average Bonchev–Trinajstić information content (AvgIpc) is 3.47. The van der Waals surface area contributed by atoms with Crippen LogP contribution in [0.5, 0.6) is 0 Å². The summed E-state index contributed by atoms with van der Waals surface area (Å²) in [5.41, 5.74) is 7.68. The molecule has 0 aliphatic carbocycles. The van der Waals surface area contributed by atoms with Crippen molar-refractivity contribution >= 4 is 57.1 Å². The molecule has 0 radical (unpaired) electrons. The number of aromatic amines is 2. The zero-order valence-electron chi connectivity index (χ0n) is 48.6. The third-order valence-corrected chi connectivity index (χ3v) is 7.51. The zero-order valence-corrected chi connectivity index (χ0v) is 48.6. The number of carbonyl (C=O) groups excluding carboxylic acids is 4. The second kappa shape index (κ2) is 56.4. The number of H-pyrrole nitrogens is 2. The molecule has 0 saturated carbocycles. The van der Waals surface area contributed by atoms with Crippen LogP contribution in [0.2, 0.25) is 0 Å². The molecule has 0 aliphatic heterocycles. The van der Waals surface area contributed by atoms with Crippen molar-refractivity contribution in [2.24, 2.45) is 0 Å². The van der Waals surface area contributed by atoms with Crippen molar-refractivity contribution < 1.29 is 38.1 Å². The molecule has 2 aromatic heterocycles. The molecule has 2 heterocycles. The lowest BCUT2D eigenvalue weighted by molar-refractivity contribution is -0.146. The maximum Gasteiger partial charge on any atom is 0.347 e. The van der Waals surface area contributed by atoms with E-state index in [4.69, 9.17) is 24.7 Å². The van der Waals surface area contributed by atoms with E-state index >= 15 is 0 Å². The van der Waals surface area contributed by atoms with Crippen molar-refractivity contribution in [3.8, 4) is 0 Å². The lowest BCUT2D eigenvalue weighted by Gasteiger charge is -2.07. The predicted molar refractivity (Wildman–Crippen MR) is 314 cm³/mol. The van der Waals surface area contributed by atoms with Gasteiger partial charge in [-0.1, -0.05) is 171 Å². The van der Waals surface area contributed by atoms with E-state index in [2.05, 4.69) is 15.3 Å². The van der Waals surface area contributed by atoms with Gasteiger partial charge in [0.1, 0.15) is 11.1 Å². The third kappa shape index (κ3) is 32.5. The minimum absolute atomic E-state index is 0.0422. The summed E-state index contributed by atoms with van der Waals surface area (Å²) in [5, 5.41) is 3.85. The first-order valence-corrected chi connectivity index (χ1v) is 26.3. The molecule has 0 bridgehead atoms. The van der Waals surface area contributed by atoms with Crippen molar-refractivity contribution in [3.63, 3.8) is 0 Å². The number of aromatic nitrogens is 2. The van der Waals surface area contributed by atoms with Gasteiger partial charge in [0.25, 0.3) is 0 Å². The van der Waals surface area contributed by atoms with Gasteiger partial charge in [0.05, 0.1) is 26.4 Å². The van der Waals surface area contributed by atoms with E-state index in [9.17, 15) is 28.8 Å². The van der Waals surface area contributed by atoms with E-state index in [1.54, 1.807) is 64.1 Å². The SMILES string of the molecule is CC.CC.CC.CC.CC.CC.CC.CC.CCOC(=O)C(=CNc1ccccc1)C(=O)OCC.CCOC(=O)c1c[nH]c2ccccc2c1=O.CCOC(=O)c1c[nH]c2ccccc2c1=O.Nc1ccccc1. The van der Waals surface area contributed by atoms with Gasteiger partial charge >= 0.3 is 23.9 Å². The van der Waals surface area contributed by atoms with Gasteiger partial charge in [0.15, 0.2) is 5.57 Å². The number of carbonyl (C=O) groups is 4. The molecule has 0 unspecified atom stereocenters. The number of nitrogens with two attached hydrogens (primary N) is 1. The summed E-state index contributed by atoms with van der Waals surface area (Å²) in [4.78, 5) is 75.9. The summed E-state index contributed by atoms with van der Waals surface area (Å²) >= 11 is 0. The normalized spacial score (nSPS) is 8.32. The molecule has 4 aromatic carbocycles. The first-order valence-electron chi connectivity index (χ1n) is 26.3. The Morgan fingerprint density at radius 2 is 0.743 bits per heavy atom. The molecule has 0 atom stereocenters.